The zero-order chi connectivity index (χ0) is 15.4. The Morgan fingerprint density at radius 2 is 2.23 bits per heavy atom. The summed E-state index contributed by atoms with van der Waals surface area (Å²) in [6, 6.07) is 11.7. The number of aromatic nitrogens is 3. The molecule has 0 atom stereocenters. The molecule has 0 aliphatic carbocycles. The highest BCUT2D eigenvalue weighted by Gasteiger charge is 2.07. The number of hydrogen-bond donors (Lipinski definition) is 1. The van der Waals surface area contributed by atoms with E-state index in [0.717, 1.165) is 16.9 Å². The van der Waals surface area contributed by atoms with Crippen molar-refractivity contribution in [1.82, 2.24) is 14.9 Å². The van der Waals surface area contributed by atoms with E-state index in [4.69, 9.17) is 16.6 Å². The molecule has 3 rings (SSSR count). The molecule has 1 N–H and O–H groups in total. The van der Waals surface area contributed by atoms with Crippen molar-refractivity contribution >= 4 is 24.5 Å². The Hall–Kier alpha value is -2.73. The Morgan fingerprint density at radius 1 is 1.32 bits per heavy atom. The largest absolute Gasteiger partial charge is 0.465 e. The van der Waals surface area contributed by atoms with Crippen LogP contribution in [0.3, 0.4) is 0 Å². The van der Waals surface area contributed by atoms with Crippen molar-refractivity contribution in [2.75, 3.05) is 0 Å². The minimum absolute atomic E-state index is 0.444. The van der Waals surface area contributed by atoms with Gasteiger partial charge in [-0.25, -0.2) is 5.10 Å². The van der Waals surface area contributed by atoms with E-state index in [2.05, 4.69) is 15.3 Å². The summed E-state index contributed by atoms with van der Waals surface area (Å²) in [5, 5.41) is 11.4. The fourth-order valence-corrected chi connectivity index (χ4v) is 2.18. The molecule has 0 radical (unpaired) electrons. The molecule has 1 aromatic carbocycles. The van der Waals surface area contributed by atoms with Gasteiger partial charge in [-0.1, -0.05) is 23.8 Å². The minimum atomic E-state index is 0.444. The maximum atomic E-state index is 5.22. The minimum Gasteiger partial charge on any atom is -0.465 e. The molecule has 2 aromatic heterocycles. The molecule has 110 valence electrons. The molecule has 0 aliphatic rings. The lowest BCUT2D eigenvalue weighted by molar-refractivity contribution is 0.557. The molecule has 0 fully saturated rings. The first kappa shape index (κ1) is 14.2. The van der Waals surface area contributed by atoms with Gasteiger partial charge in [0.15, 0.2) is 5.82 Å². The Kier molecular flexibility index (Phi) is 4.11. The van der Waals surface area contributed by atoms with Crippen molar-refractivity contribution in [3.63, 3.8) is 0 Å². The summed E-state index contributed by atoms with van der Waals surface area (Å²) < 4.78 is 7.24. The highest BCUT2D eigenvalue weighted by atomic mass is 32.1. The number of nitrogens with one attached hydrogen (secondary N) is 1. The molecule has 0 aliphatic heterocycles. The van der Waals surface area contributed by atoms with Crippen LogP contribution in [0.15, 0.2) is 58.3 Å². The predicted octanol–water partition coefficient (Wildman–Crippen LogP) is 4.06. The number of benzene rings is 1. The lowest BCUT2D eigenvalue weighted by atomic mass is 10.1. The quantitative estimate of drug-likeness (QED) is 0.584. The molecule has 0 saturated heterocycles. The van der Waals surface area contributed by atoms with Gasteiger partial charge < -0.3 is 4.42 Å². The molecule has 3 aromatic rings. The molecule has 0 spiro atoms. The van der Waals surface area contributed by atoms with Crippen LogP contribution in [0.1, 0.15) is 11.3 Å². The van der Waals surface area contributed by atoms with Crippen LogP contribution in [0.4, 0.5) is 0 Å². The van der Waals surface area contributed by atoms with Crippen molar-refractivity contribution in [3.8, 4) is 11.4 Å². The van der Waals surface area contributed by atoms with Gasteiger partial charge in [0.2, 0.25) is 4.77 Å². The van der Waals surface area contributed by atoms with E-state index in [1.54, 1.807) is 23.2 Å². The Bertz CT molecular complexity index is 872. The summed E-state index contributed by atoms with van der Waals surface area (Å²) in [7, 11) is 0. The Balaban J connectivity index is 1.88. The first-order chi connectivity index (χ1) is 10.7. The van der Waals surface area contributed by atoms with Crippen molar-refractivity contribution in [3.05, 3.63) is 64.8 Å². The van der Waals surface area contributed by atoms with E-state index < -0.39 is 0 Å². The average molecular weight is 310 g/mol. The van der Waals surface area contributed by atoms with Gasteiger partial charge in [-0.15, -0.1) is 0 Å². The second kappa shape index (κ2) is 6.36. The van der Waals surface area contributed by atoms with Crippen molar-refractivity contribution in [2.45, 2.75) is 6.92 Å². The lowest BCUT2D eigenvalue weighted by Crippen LogP contribution is -1.93. The molecule has 0 saturated carbocycles. The van der Waals surface area contributed by atoms with Crippen LogP contribution >= 0.6 is 12.2 Å². The zero-order valence-corrected chi connectivity index (χ0v) is 12.7. The Morgan fingerprint density at radius 3 is 3.00 bits per heavy atom. The molecule has 5 nitrogen and oxygen atoms in total. The number of rotatable bonds is 4. The van der Waals surface area contributed by atoms with E-state index in [0.29, 0.717) is 10.6 Å². The van der Waals surface area contributed by atoms with Gasteiger partial charge >= 0.3 is 0 Å². The average Bonchev–Trinajstić information content (AvgIpc) is 3.14. The van der Waals surface area contributed by atoms with Crippen LogP contribution in [0.25, 0.3) is 17.5 Å². The fourth-order valence-electron chi connectivity index (χ4n) is 2.00. The summed E-state index contributed by atoms with van der Waals surface area (Å²) in [6.07, 6.45) is 6.87. The summed E-state index contributed by atoms with van der Waals surface area (Å²) >= 11 is 5.22. The standard InChI is InChI=1S/C16H14N4OS/c1-12-5-2-6-13(11-12)15-18-19-16(22)20(15)17-9-3-7-14-8-4-10-21-14/h2-11H,1H3,(H,19,22)/b7-3+,17-9?. The first-order valence-corrected chi connectivity index (χ1v) is 7.14. The molecular formula is C16H14N4OS. The van der Waals surface area contributed by atoms with Gasteiger partial charge in [-0.05, 0) is 49.5 Å². The second-order valence-electron chi connectivity index (χ2n) is 4.67. The van der Waals surface area contributed by atoms with E-state index in [1.165, 1.54) is 0 Å². The second-order valence-corrected chi connectivity index (χ2v) is 5.06. The maximum Gasteiger partial charge on any atom is 0.216 e. The molecule has 6 heteroatoms. The molecule has 0 unspecified atom stereocenters. The smallest absolute Gasteiger partial charge is 0.216 e. The number of H-pyrrole nitrogens is 1. The van der Waals surface area contributed by atoms with Gasteiger partial charge in [-0.2, -0.15) is 14.9 Å². The Labute approximate surface area is 132 Å². The molecule has 22 heavy (non-hydrogen) atoms. The highest BCUT2D eigenvalue weighted by Crippen LogP contribution is 2.18. The monoisotopic (exact) mass is 310 g/mol. The number of aryl methyl sites for hydroxylation is 1. The predicted molar refractivity (Wildman–Crippen MR) is 89.2 cm³/mol. The van der Waals surface area contributed by atoms with Crippen LogP contribution in [0.2, 0.25) is 0 Å². The van der Waals surface area contributed by atoms with E-state index in [-0.39, 0.29) is 0 Å². The molecule has 0 bridgehead atoms. The third-order valence-corrected chi connectivity index (χ3v) is 3.26. The summed E-state index contributed by atoms with van der Waals surface area (Å²) in [6.45, 7) is 2.03. The number of furan rings is 1. The molecular weight excluding hydrogens is 296 g/mol. The number of aromatic amines is 1. The fraction of sp³-hybridized carbons (Fsp3) is 0.0625. The zero-order valence-electron chi connectivity index (χ0n) is 11.9. The summed E-state index contributed by atoms with van der Waals surface area (Å²) in [4.78, 5) is 0. The van der Waals surface area contributed by atoms with Crippen LogP contribution in [-0.2, 0) is 0 Å². The van der Waals surface area contributed by atoms with Gasteiger partial charge in [0.05, 0.1) is 6.26 Å². The normalized spacial score (nSPS) is 11.7. The highest BCUT2D eigenvalue weighted by molar-refractivity contribution is 7.71. The van der Waals surface area contributed by atoms with E-state index in [1.807, 2.05) is 49.4 Å². The third-order valence-electron chi connectivity index (χ3n) is 3.00. The summed E-state index contributed by atoms with van der Waals surface area (Å²) in [5.41, 5.74) is 2.11. The van der Waals surface area contributed by atoms with E-state index >= 15 is 0 Å². The van der Waals surface area contributed by atoms with E-state index in [9.17, 15) is 0 Å². The number of allylic oxidation sites excluding steroid dienone is 1. The van der Waals surface area contributed by atoms with Gasteiger partial charge in [0, 0.05) is 11.8 Å². The lowest BCUT2D eigenvalue weighted by Gasteiger charge is -2.01. The van der Waals surface area contributed by atoms with Crippen LogP contribution in [-0.4, -0.2) is 21.1 Å². The van der Waals surface area contributed by atoms with Gasteiger partial charge in [-0.3, -0.25) is 0 Å². The number of nitrogens with zero attached hydrogens (tertiary/aromatic N) is 3. The van der Waals surface area contributed by atoms with Gasteiger partial charge in [0.1, 0.15) is 5.76 Å². The first-order valence-electron chi connectivity index (χ1n) is 6.73. The van der Waals surface area contributed by atoms with Crippen molar-refractivity contribution in [2.24, 2.45) is 5.10 Å². The topological polar surface area (TPSA) is 59.1 Å². The molecule has 0 amide bonds. The van der Waals surface area contributed by atoms with Crippen LogP contribution < -0.4 is 0 Å². The van der Waals surface area contributed by atoms with Crippen LogP contribution in [0.5, 0.6) is 0 Å². The maximum absolute atomic E-state index is 5.22. The summed E-state index contributed by atoms with van der Waals surface area (Å²) in [5.74, 6) is 1.44. The number of hydrogen-bond acceptors (Lipinski definition) is 4. The molecule has 2 heterocycles. The van der Waals surface area contributed by atoms with Crippen LogP contribution in [0, 0.1) is 11.7 Å². The van der Waals surface area contributed by atoms with Gasteiger partial charge in [0.25, 0.3) is 0 Å². The van der Waals surface area contributed by atoms with Crippen molar-refractivity contribution < 1.29 is 4.42 Å². The van der Waals surface area contributed by atoms with Crippen molar-refractivity contribution in [1.29, 1.82) is 0 Å². The third kappa shape index (κ3) is 3.12. The SMILES string of the molecule is Cc1cccc(-c2n[nH]c(=S)n2N=C/C=C/c2ccco2)c1.